The van der Waals surface area contributed by atoms with Gasteiger partial charge in [0.2, 0.25) is 5.91 Å². The van der Waals surface area contributed by atoms with Crippen LogP contribution in [0.15, 0.2) is 23.1 Å². The van der Waals surface area contributed by atoms with E-state index in [0.717, 1.165) is 10.6 Å². The number of nitrogens with two attached hydrogens (primary N) is 1. The molecule has 1 aliphatic carbocycles. The van der Waals surface area contributed by atoms with E-state index in [1.54, 1.807) is 11.8 Å². The number of rotatable bonds is 1. The van der Waals surface area contributed by atoms with Crippen molar-refractivity contribution in [1.29, 1.82) is 0 Å². The molecule has 90 valence electrons. The molecule has 1 amide bonds. The Morgan fingerprint density at radius 3 is 2.82 bits per heavy atom. The van der Waals surface area contributed by atoms with Crippen LogP contribution in [0.1, 0.15) is 25.7 Å². The number of amides is 1. The number of nitrogen functional groups attached to an aromatic ring is 1. The summed E-state index contributed by atoms with van der Waals surface area (Å²) in [5, 5.41) is 3.05. The van der Waals surface area contributed by atoms with Crippen LogP contribution in [0.25, 0.3) is 0 Å². The summed E-state index contributed by atoms with van der Waals surface area (Å²) in [6, 6.07) is 5.82. The highest BCUT2D eigenvalue weighted by Gasteiger charge is 2.35. The number of hydrogen-bond acceptors (Lipinski definition) is 3. The van der Waals surface area contributed by atoms with Gasteiger partial charge in [0.05, 0.1) is 16.6 Å². The summed E-state index contributed by atoms with van der Waals surface area (Å²) >= 11 is 1.68. The highest BCUT2D eigenvalue weighted by molar-refractivity contribution is 8.01. The molecule has 0 aromatic heterocycles. The Labute approximate surface area is 105 Å². The molecular formula is C13H16N2OS. The standard InChI is InChI=1S/C13H16N2OS/c14-9-6-3-7-10-11(9)15-13(16)12(17-10)8-4-1-2-5-8/h3,6-8,12H,1-2,4-5,14H2,(H,15,16). The molecule has 1 heterocycles. The maximum atomic E-state index is 12.1. The number of para-hydroxylation sites is 1. The summed E-state index contributed by atoms with van der Waals surface area (Å²) in [5.41, 5.74) is 7.34. The van der Waals surface area contributed by atoms with Gasteiger partial charge in [-0.3, -0.25) is 4.79 Å². The first-order valence-corrected chi connectivity index (χ1v) is 6.99. The van der Waals surface area contributed by atoms with Crippen LogP contribution >= 0.6 is 11.8 Å². The summed E-state index contributed by atoms with van der Waals surface area (Å²) in [7, 11) is 0. The van der Waals surface area contributed by atoms with Gasteiger partial charge in [-0.05, 0) is 30.9 Å². The Morgan fingerprint density at radius 2 is 2.06 bits per heavy atom. The van der Waals surface area contributed by atoms with Crippen LogP contribution < -0.4 is 11.1 Å². The van der Waals surface area contributed by atoms with Gasteiger partial charge < -0.3 is 11.1 Å². The fourth-order valence-electron chi connectivity index (χ4n) is 2.74. The number of carbonyl (C=O) groups excluding carboxylic acids is 1. The molecule has 0 bridgehead atoms. The summed E-state index contributed by atoms with van der Waals surface area (Å²) in [5.74, 6) is 0.668. The van der Waals surface area contributed by atoms with Crippen molar-refractivity contribution in [2.24, 2.45) is 5.92 Å². The monoisotopic (exact) mass is 248 g/mol. The second-order valence-corrected chi connectivity index (χ2v) is 5.98. The molecule has 0 spiro atoms. The third kappa shape index (κ3) is 1.90. The third-order valence-electron chi connectivity index (χ3n) is 3.65. The number of thioether (sulfide) groups is 1. The van der Waals surface area contributed by atoms with Gasteiger partial charge >= 0.3 is 0 Å². The Hall–Kier alpha value is -1.16. The lowest BCUT2D eigenvalue weighted by atomic mass is 10.0. The molecule has 1 unspecified atom stereocenters. The maximum Gasteiger partial charge on any atom is 0.238 e. The Balaban J connectivity index is 1.89. The molecule has 3 rings (SSSR count). The average molecular weight is 248 g/mol. The van der Waals surface area contributed by atoms with Crippen LogP contribution in [-0.2, 0) is 4.79 Å². The average Bonchev–Trinajstić information content (AvgIpc) is 2.83. The van der Waals surface area contributed by atoms with Crippen LogP contribution in [0.4, 0.5) is 11.4 Å². The molecule has 1 aromatic rings. The largest absolute Gasteiger partial charge is 0.397 e. The number of anilines is 2. The zero-order valence-corrected chi connectivity index (χ0v) is 10.4. The van der Waals surface area contributed by atoms with Crippen molar-refractivity contribution >= 4 is 29.0 Å². The van der Waals surface area contributed by atoms with E-state index in [-0.39, 0.29) is 11.2 Å². The van der Waals surface area contributed by atoms with Crippen molar-refractivity contribution in [2.75, 3.05) is 11.1 Å². The molecule has 1 aromatic carbocycles. The van der Waals surface area contributed by atoms with Crippen LogP contribution in [0.3, 0.4) is 0 Å². The van der Waals surface area contributed by atoms with Crippen LogP contribution in [0, 0.1) is 5.92 Å². The topological polar surface area (TPSA) is 55.1 Å². The molecule has 2 aliphatic rings. The van der Waals surface area contributed by atoms with E-state index in [1.165, 1.54) is 25.7 Å². The Bertz CT molecular complexity index is 455. The first-order valence-electron chi connectivity index (χ1n) is 6.12. The molecule has 17 heavy (non-hydrogen) atoms. The third-order valence-corrected chi connectivity index (χ3v) is 5.09. The van der Waals surface area contributed by atoms with Crippen molar-refractivity contribution in [3.63, 3.8) is 0 Å². The molecule has 1 saturated carbocycles. The Morgan fingerprint density at radius 1 is 1.29 bits per heavy atom. The second kappa shape index (κ2) is 4.26. The van der Waals surface area contributed by atoms with E-state index in [1.807, 2.05) is 18.2 Å². The molecule has 1 fully saturated rings. The molecular weight excluding hydrogens is 232 g/mol. The fourth-order valence-corrected chi connectivity index (χ4v) is 4.08. The van der Waals surface area contributed by atoms with E-state index in [2.05, 4.69) is 5.32 Å². The molecule has 3 N–H and O–H groups in total. The zero-order valence-electron chi connectivity index (χ0n) is 9.61. The number of nitrogens with one attached hydrogen (secondary N) is 1. The van der Waals surface area contributed by atoms with Crippen molar-refractivity contribution < 1.29 is 4.79 Å². The van der Waals surface area contributed by atoms with Crippen molar-refractivity contribution in [1.82, 2.24) is 0 Å². The predicted octanol–water partition coefficient (Wildman–Crippen LogP) is 2.87. The lowest BCUT2D eigenvalue weighted by Gasteiger charge is -2.28. The summed E-state index contributed by atoms with van der Waals surface area (Å²) in [6.45, 7) is 0. The number of benzene rings is 1. The van der Waals surface area contributed by atoms with E-state index in [4.69, 9.17) is 5.73 Å². The lowest BCUT2D eigenvalue weighted by Crippen LogP contribution is -2.34. The van der Waals surface area contributed by atoms with Crippen molar-refractivity contribution in [3.8, 4) is 0 Å². The number of fused-ring (bicyclic) bond motifs is 1. The smallest absolute Gasteiger partial charge is 0.238 e. The summed E-state index contributed by atoms with van der Waals surface area (Å²) < 4.78 is 0. The summed E-state index contributed by atoms with van der Waals surface area (Å²) in [6.07, 6.45) is 4.89. The van der Waals surface area contributed by atoms with Crippen LogP contribution in [0.5, 0.6) is 0 Å². The van der Waals surface area contributed by atoms with Gasteiger partial charge in [0.1, 0.15) is 0 Å². The molecule has 3 nitrogen and oxygen atoms in total. The first-order chi connectivity index (χ1) is 8.25. The highest BCUT2D eigenvalue weighted by Crippen LogP contribution is 2.44. The molecule has 0 saturated heterocycles. The van der Waals surface area contributed by atoms with Gasteiger partial charge in [0.15, 0.2) is 0 Å². The minimum atomic E-state index is 0.0757. The van der Waals surface area contributed by atoms with E-state index < -0.39 is 0 Å². The van der Waals surface area contributed by atoms with Crippen molar-refractivity contribution in [2.45, 2.75) is 35.8 Å². The second-order valence-electron chi connectivity index (χ2n) is 4.79. The van der Waals surface area contributed by atoms with Gasteiger partial charge in [-0.15, -0.1) is 11.8 Å². The zero-order chi connectivity index (χ0) is 11.8. The lowest BCUT2D eigenvalue weighted by molar-refractivity contribution is -0.116. The minimum Gasteiger partial charge on any atom is -0.397 e. The van der Waals surface area contributed by atoms with Gasteiger partial charge in [0.25, 0.3) is 0 Å². The molecule has 1 atom stereocenters. The SMILES string of the molecule is Nc1cccc2c1NC(=O)C(C1CCCC1)S2. The van der Waals surface area contributed by atoms with Crippen LogP contribution in [-0.4, -0.2) is 11.2 Å². The maximum absolute atomic E-state index is 12.1. The first kappa shape index (κ1) is 11.0. The van der Waals surface area contributed by atoms with Crippen LogP contribution in [0.2, 0.25) is 0 Å². The van der Waals surface area contributed by atoms with Gasteiger partial charge in [-0.1, -0.05) is 18.9 Å². The van der Waals surface area contributed by atoms with E-state index in [0.29, 0.717) is 11.6 Å². The number of hydrogen-bond donors (Lipinski definition) is 2. The molecule has 4 heteroatoms. The quantitative estimate of drug-likeness (QED) is 0.751. The van der Waals surface area contributed by atoms with Gasteiger partial charge in [0, 0.05) is 4.90 Å². The molecule has 1 aliphatic heterocycles. The van der Waals surface area contributed by atoms with Gasteiger partial charge in [-0.25, -0.2) is 0 Å². The Kier molecular flexibility index (Phi) is 2.74. The minimum absolute atomic E-state index is 0.0757. The molecule has 0 radical (unpaired) electrons. The fraction of sp³-hybridized carbons (Fsp3) is 0.462. The van der Waals surface area contributed by atoms with Gasteiger partial charge in [-0.2, -0.15) is 0 Å². The van der Waals surface area contributed by atoms with E-state index in [9.17, 15) is 4.79 Å². The predicted molar refractivity (Wildman–Crippen MR) is 71.1 cm³/mol. The number of carbonyl (C=O) groups is 1. The summed E-state index contributed by atoms with van der Waals surface area (Å²) in [4.78, 5) is 13.2. The highest BCUT2D eigenvalue weighted by atomic mass is 32.2. The van der Waals surface area contributed by atoms with E-state index >= 15 is 0 Å². The van der Waals surface area contributed by atoms with Crippen molar-refractivity contribution in [3.05, 3.63) is 18.2 Å². The normalized spacial score (nSPS) is 24.5.